The zero-order valence-electron chi connectivity index (χ0n) is 18.9. The first-order chi connectivity index (χ1) is 16.2. The minimum atomic E-state index is -0.423. The van der Waals surface area contributed by atoms with Crippen molar-refractivity contribution in [1.82, 2.24) is 10.2 Å². The van der Waals surface area contributed by atoms with Crippen molar-refractivity contribution in [3.63, 3.8) is 0 Å². The maximum absolute atomic E-state index is 13.2. The van der Waals surface area contributed by atoms with E-state index in [-0.39, 0.29) is 23.1 Å². The Morgan fingerprint density at radius 1 is 1.00 bits per heavy atom. The van der Waals surface area contributed by atoms with E-state index in [1.54, 1.807) is 11.8 Å². The number of carbonyl (C=O) groups is 2. The number of rotatable bonds is 9. The molecular weight excluding hydrogens is 448 g/mol. The summed E-state index contributed by atoms with van der Waals surface area (Å²) in [4.78, 5) is 28.9. The largest absolute Gasteiger partial charge is 0.354 e. The fourth-order valence-corrected chi connectivity index (χ4v) is 6.58. The second-order valence-corrected chi connectivity index (χ2v) is 10.4. The number of benzene rings is 2. The highest BCUT2D eigenvalue weighted by Crippen LogP contribution is 2.34. The van der Waals surface area contributed by atoms with Gasteiger partial charge in [0, 0.05) is 18.2 Å². The molecular formula is C27H30N2O2S2. The second-order valence-electron chi connectivity index (χ2n) is 8.24. The minimum Gasteiger partial charge on any atom is -0.354 e. The van der Waals surface area contributed by atoms with Crippen LogP contribution in [0.25, 0.3) is 0 Å². The van der Waals surface area contributed by atoms with Crippen LogP contribution in [0.15, 0.2) is 78.2 Å². The van der Waals surface area contributed by atoms with Gasteiger partial charge in [-0.3, -0.25) is 9.59 Å². The van der Waals surface area contributed by atoms with E-state index in [0.29, 0.717) is 17.2 Å². The van der Waals surface area contributed by atoms with Gasteiger partial charge in [-0.2, -0.15) is 0 Å². The fourth-order valence-electron chi connectivity index (χ4n) is 4.39. The van der Waals surface area contributed by atoms with E-state index in [4.69, 9.17) is 0 Å². The minimum absolute atomic E-state index is 0.0277. The van der Waals surface area contributed by atoms with Crippen molar-refractivity contribution in [2.45, 2.75) is 43.5 Å². The zero-order valence-corrected chi connectivity index (χ0v) is 20.5. The van der Waals surface area contributed by atoms with Gasteiger partial charge in [-0.05, 0) is 35.4 Å². The number of thiophene rings is 1. The van der Waals surface area contributed by atoms with E-state index in [1.807, 2.05) is 34.5 Å². The Balaban J connectivity index is 1.44. The Hall–Kier alpha value is -2.57. The topological polar surface area (TPSA) is 49.4 Å². The smallest absolute Gasteiger partial charge is 0.265 e. The van der Waals surface area contributed by atoms with Crippen LogP contribution in [0.5, 0.6) is 0 Å². The van der Waals surface area contributed by atoms with Gasteiger partial charge < -0.3 is 10.2 Å². The second kappa shape index (κ2) is 11.5. The van der Waals surface area contributed by atoms with Gasteiger partial charge in [-0.15, -0.1) is 23.1 Å². The Morgan fingerprint density at radius 3 is 2.24 bits per heavy atom. The van der Waals surface area contributed by atoms with Gasteiger partial charge in [-0.1, -0.05) is 80.1 Å². The lowest BCUT2D eigenvalue weighted by Crippen LogP contribution is -2.49. The van der Waals surface area contributed by atoms with E-state index in [9.17, 15) is 9.59 Å². The maximum Gasteiger partial charge on any atom is 0.265 e. The highest BCUT2D eigenvalue weighted by Gasteiger charge is 2.41. The number of hydrogen-bond donors (Lipinski definition) is 1. The summed E-state index contributed by atoms with van der Waals surface area (Å²) in [5, 5.41) is 5.11. The Kier molecular flexibility index (Phi) is 8.24. The van der Waals surface area contributed by atoms with Gasteiger partial charge in [0.2, 0.25) is 5.91 Å². The molecule has 2 atom stereocenters. The van der Waals surface area contributed by atoms with Gasteiger partial charge in [0.15, 0.2) is 0 Å². The van der Waals surface area contributed by atoms with E-state index < -0.39 is 6.04 Å². The van der Waals surface area contributed by atoms with E-state index in [1.165, 1.54) is 22.5 Å². The molecule has 0 saturated carbocycles. The van der Waals surface area contributed by atoms with Gasteiger partial charge in [-0.25, -0.2) is 0 Å². The van der Waals surface area contributed by atoms with Crippen LogP contribution in [0, 0.1) is 0 Å². The summed E-state index contributed by atoms with van der Waals surface area (Å²) < 4.78 is 0. The molecule has 2 amide bonds. The average molecular weight is 479 g/mol. The third-order valence-electron chi connectivity index (χ3n) is 6.03. The molecule has 6 heteroatoms. The molecule has 1 saturated heterocycles. The third-order valence-corrected chi connectivity index (χ3v) is 8.25. The molecule has 1 aliphatic heterocycles. The SMILES string of the molecule is CCCC1SCC(C(=O)NCCC(c2ccccc2)c2ccccc2)N1C(=O)c1cccs1. The van der Waals surface area contributed by atoms with Crippen LogP contribution in [0.3, 0.4) is 0 Å². The lowest BCUT2D eigenvalue weighted by molar-refractivity contribution is -0.124. The average Bonchev–Trinajstić information content (AvgIpc) is 3.53. The van der Waals surface area contributed by atoms with Crippen molar-refractivity contribution >= 4 is 34.9 Å². The molecule has 1 fully saturated rings. The summed E-state index contributed by atoms with van der Waals surface area (Å²) >= 11 is 3.16. The van der Waals surface area contributed by atoms with E-state index >= 15 is 0 Å². The Morgan fingerprint density at radius 2 is 1.67 bits per heavy atom. The molecule has 172 valence electrons. The highest BCUT2D eigenvalue weighted by molar-refractivity contribution is 8.00. The van der Waals surface area contributed by atoms with Crippen LogP contribution in [-0.4, -0.2) is 40.4 Å². The molecule has 4 rings (SSSR count). The maximum atomic E-state index is 13.2. The van der Waals surface area contributed by atoms with Crippen LogP contribution in [0.4, 0.5) is 0 Å². The van der Waals surface area contributed by atoms with Crippen molar-refractivity contribution in [2.24, 2.45) is 0 Å². The van der Waals surface area contributed by atoms with Crippen molar-refractivity contribution in [1.29, 1.82) is 0 Å². The van der Waals surface area contributed by atoms with Gasteiger partial charge in [0.25, 0.3) is 5.91 Å². The molecule has 1 aromatic heterocycles. The van der Waals surface area contributed by atoms with Gasteiger partial charge in [0.1, 0.15) is 6.04 Å². The summed E-state index contributed by atoms with van der Waals surface area (Å²) in [6.07, 6.45) is 2.68. The predicted molar refractivity (Wildman–Crippen MR) is 138 cm³/mol. The molecule has 2 unspecified atom stereocenters. The van der Waals surface area contributed by atoms with Crippen LogP contribution < -0.4 is 5.32 Å². The monoisotopic (exact) mass is 478 g/mol. The number of nitrogens with zero attached hydrogens (tertiary/aromatic N) is 1. The fraction of sp³-hybridized carbons (Fsp3) is 0.333. The summed E-state index contributed by atoms with van der Waals surface area (Å²) in [6, 6.07) is 24.2. The van der Waals surface area contributed by atoms with Crippen LogP contribution >= 0.6 is 23.1 Å². The first-order valence-corrected chi connectivity index (χ1v) is 13.5. The molecule has 2 aromatic carbocycles. The molecule has 0 spiro atoms. The number of carbonyl (C=O) groups excluding carboxylic acids is 2. The lowest BCUT2D eigenvalue weighted by atomic mass is 9.88. The Bertz CT molecular complexity index is 985. The van der Waals surface area contributed by atoms with Crippen molar-refractivity contribution in [3.05, 3.63) is 94.2 Å². The standard InChI is InChI=1S/C27H30N2O2S2/c1-2-10-25-29(27(31)24-15-9-18-32-24)23(19-33-25)26(30)28-17-16-22(20-11-5-3-6-12-20)21-13-7-4-8-14-21/h3-9,11-15,18,22-23,25H,2,10,16-17,19H2,1H3,(H,28,30). The molecule has 0 radical (unpaired) electrons. The van der Waals surface area contributed by atoms with Crippen molar-refractivity contribution in [2.75, 3.05) is 12.3 Å². The van der Waals surface area contributed by atoms with Gasteiger partial charge >= 0.3 is 0 Å². The zero-order chi connectivity index (χ0) is 23.0. The third kappa shape index (κ3) is 5.68. The number of amides is 2. The van der Waals surface area contributed by atoms with Crippen molar-refractivity contribution in [3.8, 4) is 0 Å². The molecule has 4 nitrogen and oxygen atoms in total. The molecule has 3 aromatic rings. The highest BCUT2D eigenvalue weighted by atomic mass is 32.2. The molecule has 33 heavy (non-hydrogen) atoms. The number of nitrogens with one attached hydrogen (secondary N) is 1. The lowest BCUT2D eigenvalue weighted by Gasteiger charge is -2.28. The molecule has 1 aliphatic rings. The molecule has 0 bridgehead atoms. The predicted octanol–water partition coefficient (Wildman–Crippen LogP) is 5.77. The number of thioether (sulfide) groups is 1. The summed E-state index contributed by atoms with van der Waals surface area (Å²) in [6.45, 7) is 2.68. The first-order valence-electron chi connectivity index (χ1n) is 11.5. The van der Waals surface area contributed by atoms with E-state index in [0.717, 1.165) is 19.3 Å². The first kappa shape index (κ1) is 23.6. The summed E-state index contributed by atoms with van der Waals surface area (Å²) in [5.74, 6) is 0.780. The van der Waals surface area contributed by atoms with Crippen LogP contribution in [0.2, 0.25) is 0 Å². The number of hydrogen-bond acceptors (Lipinski definition) is 4. The summed E-state index contributed by atoms with van der Waals surface area (Å²) in [5.41, 5.74) is 2.48. The Labute approximate surface area is 204 Å². The quantitative estimate of drug-likeness (QED) is 0.425. The molecule has 1 N–H and O–H groups in total. The van der Waals surface area contributed by atoms with Gasteiger partial charge in [0.05, 0.1) is 10.3 Å². The van der Waals surface area contributed by atoms with Crippen LogP contribution in [-0.2, 0) is 4.79 Å². The normalized spacial score (nSPS) is 17.9. The molecule has 2 heterocycles. The summed E-state index contributed by atoms with van der Waals surface area (Å²) in [7, 11) is 0. The van der Waals surface area contributed by atoms with E-state index in [2.05, 4.69) is 60.8 Å². The molecule has 0 aliphatic carbocycles. The van der Waals surface area contributed by atoms with Crippen LogP contribution in [0.1, 0.15) is 52.9 Å². The van der Waals surface area contributed by atoms with Crippen molar-refractivity contribution < 1.29 is 9.59 Å².